The average Bonchev–Trinajstić information content (AvgIpc) is 3.20. The molecular formula is C18H24N4O2. The molecule has 6 heteroatoms. The summed E-state index contributed by atoms with van der Waals surface area (Å²) in [6.45, 7) is 8.13. The van der Waals surface area contributed by atoms with Crippen LogP contribution in [0.1, 0.15) is 44.8 Å². The minimum atomic E-state index is -0.135. The summed E-state index contributed by atoms with van der Waals surface area (Å²) in [6, 6.07) is 9.69. The lowest BCUT2D eigenvalue weighted by molar-refractivity contribution is -0.121. The first-order valence-electron chi connectivity index (χ1n) is 8.53. The van der Waals surface area contributed by atoms with Crippen LogP contribution in [0.3, 0.4) is 0 Å². The first-order valence-corrected chi connectivity index (χ1v) is 8.53. The summed E-state index contributed by atoms with van der Waals surface area (Å²) in [5.41, 5.74) is 0.959. The second-order valence-electron chi connectivity index (χ2n) is 6.39. The second kappa shape index (κ2) is 7.13. The van der Waals surface area contributed by atoms with E-state index >= 15 is 0 Å². The van der Waals surface area contributed by atoms with E-state index in [-0.39, 0.29) is 17.9 Å². The van der Waals surface area contributed by atoms with Gasteiger partial charge in [0.2, 0.25) is 11.8 Å². The summed E-state index contributed by atoms with van der Waals surface area (Å²) in [4.78, 5) is 21.2. The molecule has 3 rings (SSSR count). The maximum Gasteiger partial charge on any atom is 0.244 e. The second-order valence-corrected chi connectivity index (χ2v) is 6.39. The van der Waals surface area contributed by atoms with E-state index in [0.717, 1.165) is 25.2 Å². The molecule has 1 aromatic heterocycles. The first kappa shape index (κ1) is 16.6. The Hall–Kier alpha value is -2.21. The highest BCUT2D eigenvalue weighted by Crippen LogP contribution is 2.25. The number of nitrogens with zero attached hydrogens (tertiary/aromatic N) is 4. The van der Waals surface area contributed by atoms with Crippen LogP contribution in [-0.2, 0) is 11.3 Å². The average molecular weight is 328 g/mol. The molecule has 6 nitrogen and oxygen atoms in total. The number of benzene rings is 1. The molecule has 1 aromatic carbocycles. The van der Waals surface area contributed by atoms with Gasteiger partial charge in [-0.1, -0.05) is 44.1 Å². The van der Waals surface area contributed by atoms with Gasteiger partial charge in [0.1, 0.15) is 0 Å². The van der Waals surface area contributed by atoms with Crippen molar-refractivity contribution in [1.82, 2.24) is 15.0 Å². The fraction of sp³-hybridized carbons (Fsp3) is 0.500. The fourth-order valence-electron chi connectivity index (χ4n) is 3.05. The number of rotatable bonds is 6. The van der Waals surface area contributed by atoms with Crippen LogP contribution in [0.4, 0.5) is 5.69 Å². The Morgan fingerprint density at radius 3 is 2.71 bits per heavy atom. The number of amides is 1. The zero-order valence-electron chi connectivity index (χ0n) is 14.5. The van der Waals surface area contributed by atoms with Crippen LogP contribution >= 0.6 is 0 Å². The quantitative estimate of drug-likeness (QED) is 0.816. The molecule has 0 saturated carbocycles. The van der Waals surface area contributed by atoms with Gasteiger partial charge in [-0.3, -0.25) is 9.69 Å². The molecule has 1 aliphatic heterocycles. The lowest BCUT2D eigenvalue weighted by Crippen LogP contribution is -2.41. The van der Waals surface area contributed by atoms with E-state index in [2.05, 4.69) is 22.0 Å². The van der Waals surface area contributed by atoms with Crippen molar-refractivity contribution in [3.05, 3.63) is 42.0 Å². The Kier molecular flexibility index (Phi) is 4.94. The van der Waals surface area contributed by atoms with Gasteiger partial charge in [0.05, 0.1) is 12.6 Å². The minimum Gasteiger partial charge on any atom is -0.338 e. The van der Waals surface area contributed by atoms with Crippen molar-refractivity contribution in [3.8, 4) is 0 Å². The zero-order chi connectivity index (χ0) is 17.1. The molecule has 128 valence electrons. The molecule has 1 aliphatic rings. The van der Waals surface area contributed by atoms with Gasteiger partial charge >= 0.3 is 0 Å². The van der Waals surface area contributed by atoms with Crippen molar-refractivity contribution in [2.75, 3.05) is 18.0 Å². The summed E-state index contributed by atoms with van der Waals surface area (Å²) >= 11 is 0. The van der Waals surface area contributed by atoms with Crippen LogP contribution in [0.15, 0.2) is 34.9 Å². The van der Waals surface area contributed by atoms with E-state index in [0.29, 0.717) is 18.3 Å². The molecule has 2 heterocycles. The van der Waals surface area contributed by atoms with Gasteiger partial charge in [-0.15, -0.1) is 0 Å². The van der Waals surface area contributed by atoms with Crippen LogP contribution < -0.4 is 4.90 Å². The van der Waals surface area contributed by atoms with Crippen LogP contribution in [0.25, 0.3) is 0 Å². The normalized spacial score (nSPS) is 18.1. The molecule has 0 unspecified atom stereocenters. The minimum absolute atomic E-state index is 0.135. The van der Waals surface area contributed by atoms with Crippen molar-refractivity contribution in [3.63, 3.8) is 0 Å². The number of carbonyl (C=O) groups excluding carboxylic acids is 1. The Bertz CT molecular complexity index is 683. The predicted octanol–water partition coefficient (Wildman–Crippen LogP) is 2.82. The summed E-state index contributed by atoms with van der Waals surface area (Å²) in [6.07, 6.45) is 0.812. The molecule has 0 radical (unpaired) electrons. The van der Waals surface area contributed by atoms with E-state index < -0.39 is 0 Å². The fourth-order valence-corrected chi connectivity index (χ4v) is 3.05. The number of likely N-dealkylation sites (N-methyl/N-ethyl adjacent to an activating group) is 1. The number of hydrogen-bond acceptors (Lipinski definition) is 5. The third-order valence-corrected chi connectivity index (χ3v) is 4.43. The van der Waals surface area contributed by atoms with Crippen LogP contribution in [0, 0.1) is 0 Å². The van der Waals surface area contributed by atoms with Crippen LogP contribution in [-0.4, -0.2) is 40.1 Å². The van der Waals surface area contributed by atoms with Crippen molar-refractivity contribution < 1.29 is 9.32 Å². The first-order chi connectivity index (χ1) is 11.6. The summed E-state index contributed by atoms with van der Waals surface area (Å²) in [5, 5.41) is 4.00. The molecule has 2 aromatic rings. The van der Waals surface area contributed by atoms with Crippen LogP contribution in [0.2, 0.25) is 0 Å². The lowest BCUT2D eigenvalue weighted by Gasteiger charge is -2.25. The van der Waals surface area contributed by atoms with Gasteiger partial charge in [-0.2, -0.15) is 4.98 Å². The molecule has 0 bridgehead atoms. The molecular weight excluding hydrogens is 304 g/mol. The molecule has 1 atom stereocenters. The number of aromatic nitrogens is 2. The molecule has 0 spiro atoms. The van der Waals surface area contributed by atoms with Gasteiger partial charge in [0.15, 0.2) is 5.82 Å². The Morgan fingerprint density at radius 2 is 2.08 bits per heavy atom. The molecule has 24 heavy (non-hydrogen) atoms. The summed E-state index contributed by atoms with van der Waals surface area (Å²) < 4.78 is 5.34. The molecule has 1 fully saturated rings. The third-order valence-electron chi connectivity index (χ3n) is 4.43. The Morgan fingerprint density at radius 1 is 1.33 bits per heavy atom. The number of para-hydroxylation sites is 1. The molecule has 1 amide bonds. The SMILES string of the molecule is CCN(Cc1nc(C(C)C)no1)[C@H]1CCN(c2ccccc2)C1=O. The van der Waals surface area contributed by atoms with Crippen molar-refractivity contribution >= 4 is 11.6 Å². The van der Waals surface area contributed by atoms with Gasteiger partial charge in [-0.05, 0) is 25.1 Å². The number of anilines is 1. The maximum atomic E-state index is 12.8. The molecule has 0 N–H and O–H groups in total. The van der Waals surface area contributed by atoms with Gasteiger partial charge in [0.25, 0.3) is 0 Å². The van der Waals surface area contributed by atoms with Crippen molar-refractivity contribution in [1.29, 1.82) is 0 Å². The molecule has 0 aliphatic carbocycles. The summed E-state index contributed by atoms with van der Waals surface area (Å²) in [7, 11) is 0. The van der Waals surface area contributed by atoms with E-state index in [9.17, 15) is 4.79 Å². The van der Waals surface area contributed by atoms with Crippen molar-refractivity contribution in [2.45, 2.75) is 45.7 Å². The largest absolute Gasteiger partial charge is 0.338 e. The van der Waals surface area contributed by atoms with Gasteiger partial charge in [0, 0.05) is 18.2 Å². The van der Waals surface area contributed by atoms with E-state index in [1.54, 1.807) is 0 Å². The number of carbonyl (C=O) groups is 1. The van der Waals surface area contributed by atoms with Crippen LogP contribution in [0.5, 0.6) is 0 Å². The highest BCUT2D eigenvalue weighted by atomic mass is 16.5. The standard InChI is InChI=1S/C18H24N4O2/c1-4-21(12-16-19-17(13(2)3)20-24-16)15-10-11-22(18(15)23)14-8-6-5-7-9-14/h5-9,13,15H,4,10-12H2,1-3H3/t15-/m0/s1. The Balaban J connectivity index is 1.70. The Labute approximate surface area is 142 Å². The smallest absolute Gasteiger partial charge is 0.244 e. The number of hydrogen-bond donors (Lipinski definition) is 0. The van der Waals surface area contributed by atoms with Gasteiger partial charge < -0.3 is 9.42 Å². The monoisotopic (exact) mass is 328 g/mol. The van der Waals surface area contributed by atoms with Crippen molar-refractivity contribution in [2.24, 2.45) is 0 Å². The maximum absolute atomic E-state index is 12.8. The van der Waals surface area contributed by atoms with E-state index in [4.69, 9.17) is 4.52 Å². The van der Waals surface area contributed by atoms with E-state index in [1.807, 2.05) is 49.1 Å². The third kappa shape index (κ3) is 3.33. The highest BCUT2D eigenvalue weighted by molar-refractivity contribution is 5.99. The topological polar surface area (TPSA) is 62.5 Å². The summed E-state index contributed by atoms with van der Waals surface area (Å²) in [5.74, 6) is 1.67. The van der Waals surface area contributed by atoms with E-state index in [1.165, 1.54) is 0 Å². The highest BCUT2D eigenvalue weighted by Gasteiger charge is 2.36. The molecule has 1 saturated heterocycles. The zero-order valence-corrected chi connectivity index (χ0v) is 14.5. The van der Waals surface area contributed by atoms with Gasteiger partial charge in [-0.25, -0.2) is 0 Å². The predicted molar refractivity (Wildman–Crippen MR) is 91.7 cm³/mol. The lowest BCUT2D eigenvalue weighted by atomic mass is 10.2.